The van der Waals surface area contributed by atoms with Crippen LogP contribution in [0.3, 0.4) is 0 Å². The van der Waals surface area contributed by atoms with Crippen molar-refractivity contribution in [3.63, 3.8) is 0 Å². The van der Waals surface area contributed by atoms with E-state index in [2.05, 4.69) is 25.5 Å². The first-order valence-corrected chi connectivity index (χ1v) is 6.71. The quantitative estimate of drug-likeness (QED) is 0.863. The third-order valence-electron chi connectivity index (χ3n) is 2.94. The van der Waals surface area contributed by atoms with Crippen LogP contribution in [0.2, 0.25) is 0 Å². The summed E-state index contributed by atoms with van der Waals surface area (Å²) in [6, 6.07) is 1.97. The number of aromatic amines is 1. The number of nitrogens with zero attached hydrogens (tertiary/aromatic N) is 3. The van der Waals surface area contributed by atoms with Crippen LogP contribution in [0.1, 0.15) is 41.4 Å². The average Bonchev–Trinajstić information content (AvgIpc) is 2.84. The van der Waals surface area contributed by atoms with Crippen molar-refractivity contribution in [2.24, 2.45) is 0 Å². The molecule has 1 unspecified atom stereocenters. The van der Waals surface area contributed by atoms with E-state index in [4.69, 9.17) is 0 Å². The summed E-state index contributed by atoms with van der Waals surface area (Å²) in [5, 5.41) is 9.96. The van der Waals surface area contributed by atoms with Crippen LogP contribution in [0.4, 0.5) is 0 Å². The fourth-order valence-electron chi connectivity index (χ4n) is 1.91. The number of hydrogen-bond acceptors (Lipinski definition) is 4. The monoisotopic (exact) mass is 273 g/mol. The molecule has 2 aromatic rings. The molecular weight excluding hydrogens is 254 g/mol. The van der Waals surface area contributed by atoms with Crippen molar-refractivity contribution in [2.45, 2.75) is 39.7 Å². The molecule has 1 atom stereocenters. The Morgan fingerprint density at radius 2 is 2.10 bits per heavy atom. The Morgan fingerprint density at radius 1 is 1.40 bits per heavy atom. The first kappa shape index (κ1) is 14.2. The molecule has 0 aliphatic heterocycles. The molecule has 0 aliphatic rings. The molecule has 2 N–H and O–H groups in total. The lowest BCUT2D eigenvalue weighted by Crippen LogP contribution is -2.34. The summed E-state index contributed by atoms with van der Waals surface area (Å²) in [4.78, 5) is 20.3. The number of rotatable bonds is 5. The molecule has 0 bridgehead atoms. The molecule has 1 amide bonds. The van der Waals surface area contributed by atoms with Gasteiger partial charge in [0, 0.05) is 37.0 Å². The molecule has 2 heterocycles. The molecule has 0 saturated carbocycles. The van der Waals surface area contributed by atoms with Gasteiger partial charge in [-0.15, -0.1) is 0 Å². The third-order valence-corrected chi connectivity index (χ3v) is 2.94. The van der Waals surface area contributed by atoms with Gasteiger partial charge in [0.25, 0.3) is 5.91 Å². The van der Waals surface area contributed by atoms with E-state index in [1.165, 1.54) is 0 Å². The van der Waals surface area contributed by atoms with E-state index in [1.54, 1.807) is 12.4 Å². The molecule has 0 aromatic carbocycles. The molecule has 2 aromatic heterocycles. The van der Waals surface area contributed by atoms with E-state index in [0.717, 1.165) is 23.6 Å². The van der Waals surface area contributed by atoms with Crippen molar-refractivity contribution in [3.8, 4) is 0 Å². The Hall–Kier alpha value is -2.24. The van der Waals surface area contributed by atoms with E-state index in [0.29, 0.717) is 12.0 Å². The van der Waals surface area contributed by atoms with Crippen LogP contribution in [-0.2, 0) is 12.8 Å². The Balaban J connectivity index is 1.92. The number of carbonyl (C=O) groups is 1. The van der Waals surface area contributed by atoms with Gasteiger partial charge in [-0.3, -0.25) is 9.89 Å². The zero-order valence-corrected chi connectivity index (χ0v) is 12.0. The summed E-state index contributed by atoms with van der Waals surface area (Å²) < 4.78 is 0. The molecule has 0 aliphatic carbocycles. The van der Waals surface area contributed by atoms with Crippen molar-refractivity contribution in [2.75, 3.05) is 0 Å². The lowest BCUT2D eigenvalue weighted by molar-refractivity contribution is 0.0939. The van der Waals surface area contributed by atoms with Crippen molar-refractivity contribution in [1.29, 1.82) is 0 Å². The molecule has 0 saturated heterocycles. The van der Waals surface area contributed by atoms with E-state index in [-0.39, 0.29) is 11.9 Å². The lowest BCUT2D eigenvalue weighted by Gasteiger charge is -2.12. The minimum absolute atomic E-state index is 0.00366. The van der Waals surface area contributed by atoms with Crippen LogP contribution in [-0.4, -0.2) is 32.1 Å². The molecular formula is C14H19N5O. The second-order valence-corrected chi connectivity index (χ2v) is 4.86. The van der Waals surface area contributed by atoms with Crippen molar-refractivity contribution in [3.05, 3.63) is 41.2 Å². The minimum atomic E-state index is -0.160. The Labute approximate surface area is 118 Å². The van der Waals surface area contributed by atoms with E-state index >= 15 is 0 Å². The second kappa shape index (κ2) is 6.27. The van der Waals surface area contributed by atoms with Crippen LogP contribution >= 0.6 is 0 Å². The highest BCUT2D eigenvalue weighted by atomic mass is 16.1. The highest BCUT2D eigenvalue weighted by Crippen LogP contribution is 2.03. The van der Waals surface area contributed by atoms with E-state index in [1.807, 2.05) is 26.8 Å². The largest absolute Gasteiger partial charge is 0.349 e. The van der Waals surface area contributed by atoms with Crippen LogP contribution < -0.4 is 5.32 Å². The second-order valence-electron chi connectivity index (χ2n) is 4.86. The zero-order chi connectivity index (χ0) is 14.5. The summed E-state index contributed by atoms with van der Waals surface area (Å²) in [7, 11) is 0. The van der Waals surface area contributed by atoms with Crippen molar-refractivity contribution >= 4 is 5.91 Å². The molecule has 0 spiro atoms. The Kier molecular flexibility index (Phi) is 4.45. The predicted molar refractivity (Wildman–Crippen MR) is 75.4 cm³/mol. The van der Waals surface area contributed by atoms with Gasteiger partial charge >= 0.3 is 0 Å². The summed E-state index contributed by atoms with van der Waals surface area (Å²) in [6.07, 6.45) is 4.57. The topological polar surface area (TPSA) is 83.6 Å². The predicted octanol–water partition coefficient (Wildman–Crippen LogP) is 1.43. The smallest absolute Gasteiger partial charge is 0.254 e. The Bertz CT molecular complexity index is 576. The standard InChI is InChI=1S/C14H19N5O/c1-4-13-15-7-11(8-16-13)14(20)17-9(2)5-12-6-10(3)18-19-12/h6-9H,4-5H2,1-3H3,(H,17,20)(H,18,19). The van der Waals surface area contributed by atoms with Gasteiger partial charge in [0.15, 0.2) is 0 Å². The fraction of sp³-hybridized carbons (Fsp3) is 0.429. The first-order chi connectivity index (χ1) is 9.58. The van der Waals surface area contributed by atoms with Crippen molar-refractivity contribution in [1.82, 2.24) is 25.5 Å². The van der Waals surface area contributed by atoms with Gasteiger partial charge in [-0.05, 0) is 19.9 Å². The number of aryl methyl sites for hydroxylation is 2. The number of aromatic nitrogens is 4. The number of nitrogens with one attached hydrogen (secondary N) is 2. The summed E-state index contributed by atoms with van der Waals surface area (Å²) in [5.41, 5.74) is 2.43. The number of amides is 1. The van der Waals surface area contributed by atoms with Crippen LogP contribution in [0.5, 0.6) is 0 Å². The summed E-state index contributed by atoms with van der Waals surface area (Å²) in [5.74, 6) is 0.578. The number of H-pyrrole nitrogens is 1. The minimum Gasteiger partial charge on any atom is -0.349 e. The highest BCUT2D eigenvalue weighted by Gasteiger charge is 2.12. The van der Waals surface area contributed by atoms with Gasteiger partial charge in [-0.1, -0.05) is 6.92 Å². The van der Waals surface area contributed by atoms with Gasteiger partial charge in [-0.2, -0.15) is 5.10 Å². The van der Waals surface area contributed by atoms with Crippen LogP contribution in [0.15, 0.2) is 18.5 Å². The van der Waals surface area contributed by atoms with Crippen LogP contribution in [0.25, 0.3) is 0 Å². The van der Waals surface area contributed by atoms with Crippen LogP contribution in [0, 0.1) is 6.92 Å². The van der Waals surface area contributed by atoms with Gasteiger partial charge in [0.1, 0.15) is 5.82 Å². The maximum absolute atomic E-state index is 12.0. The SMILES string of the molecule is CCc1ncc(C(=O)NC(C)Cc2cc(C)[nH]n2)cn1. The van der Waals surface area contributed by atoms with Gasteiger partial charge in [0.05, 0.1) is 11.3 Å². The van der Waals surface area contributed by atoms with Gasteiger partial charge < -0.3 is 5.32 Å². The molecule has 20 heavy (non-hydrogen) atoms. The molecule has 0 radical (unpaired) electrons. The van der Waals surface area contributed by atoms with Crippen molar-refractivity contribution < 1.29 is 4.79 Å². The molecule has 6 heteroatoms. The van der Waals surface area contributed by atoms with E-state index in [9.17, 15) is 4.79 Å². The first-order valence-electron chi connectivity index (χ1n) is 6.71. The molecule has 0 fully saturated rings. The fourth-order valence-corrected chi connectivity index (χ4v) is 1.91. The normalized spacial score (nSPS) is 12.2. The Morgan fingerprint density at radius 3 is 2.65 bits per heavy atom. The number of carbonyl (C=O) groups excluding carboxylic acids is 1. The van der Waals surface area contributed by atoms with Gasteiger partial charge in [0.2, 0.25) is 0 Å². The zero-order valence-electron chi connectivity index (χ0n) is 12.0. The lowest BCUT2D eigenvalue weighted by atomic mass is 10.1. The highest BCUT2D eigenvalue weighted by molar-refractivity contribution is 5.93. The molecule has 6 nitrogen and oxygen atoms in total. The summed E-state index contributed by atoms with van der Waals surface area (Å²) in [6.45, 7) is 5.87. The van der Waals surface area contributed by atoms with Gasteiger partial charge in [-0.25, -0.2) is 9.97 Å². The molecule has 106 valence electrons. The van der Waals surface area contributed by atoms with E-state index < -0.39 is 0 Å². The molecule has 2 rings (SSSR count). The maximum Gasteiger partial charge on any atom is 0.254 e. The maximum atomic E-state index is 12.0. The average molecular weight is 273 g/mol. The number of hydrogen-bond donors (Lipinski definition) is 2. The third kappa shape index (κ3) is 3.63. The summed E-state index contributed by atoms with van der Waals surface area (Å²) >= 11 is 0.